The molecule has 9 heteroatoms. The molecule has 0 aliphatic carbocycles. The molecule has 5 nitrogen and oxygen atoms in total. The molecule has 0 amide bonds. The first-order valence-corrected chi connectivity index (χ1v) is 10.3. The maximum Gasteiger partial charge on any atom is 0.495 e. The van der Waals surface area contributed by atoms with Gasteiger partial charge in [-0.05, 0) is 64.7 Å². The lowest BCUT2D eigenvalue weighted by Crippen LogP contribution is -2.41. The summed E-state index contributed by atoms with van der Waals surface area (Å²) >= 11 is 0. The second kappa shape index (κ2) is 8.24. The van der Waals surface area contributed by atoms with Crippen molar-refractivity contribution in [2.24, 2.45) is 5.92 Å². The third kappa shape index (κ3) is 4.58. The summed E-state index contributed by atoms with van der Waals surface area (Å²) in [5.41, 5.74) is 0.495. The summed E-state index contributed by atoms with van der Waals surface area (Å²) in [6.45, 7) is 8.81. The minimum absolute atomic E-state index is 0.0191. The molecule has 2 saturated heterocycles. The highest BCUT2D eigenvalue weighted by Crippen LogP contribution is 2.39. The molecule has 2 heterocycles. The number of halogens is 3. The second-order valence-corrected chi connectivity index (χ2v) is 9.11. The molecular formula is C21H31BF3NO4. The zero-order chi connectivity index (χ0) is 22.3. The molecule has 0 aromatic heterocycles. The van der Waals surface area contributed by atoms with E-state index in [0.29, 0.717) is 31.0 Å². The van der Waals surface area contributed by atoms with Crippen molar-refractivity contribution >= 4 is 12.6 Å². The van der Waals surface area contributed by atoms with Crippen LogP contribution in [0.15, 0.2) is 12.1 Å². The van der Waals surface area contributed by atoms with Gasteiger partial charge in [0.25, 0.3) is 0 Å². The van der Waals surface area contributed by atoms with Gasteiger partial charge in [0.1, 0.15) is 11.5 Å². The Hall–Kier alpha value is -1.45. The van der Waals surface area contributed by atoms with Gasteiger partial charge < -0.3 is 18.8 Å². The van der Waals surface area contributed by atoms with E-state index in [0.717, 1.165) is 11.0 Å². The fourth-order valence-electron chi connectivity index (χ4n) is 3.97. The van der Waals surface area contributed by atoms with Crippen molar-refractivity contribution in [3.8, 4) is 11.5 Å². The van der Waals surface area contributed by atoms with Crippen LogP contribution in [0.25, 0.3) is 0 Å². The maximum absolute atomic E-state index is 13.2. The molecule has 0 saturated carbocycles. The number of hydrogen-bond acceptors (Lipinski definition) is 5. The number of methoxy groups -OCH3 is 2. The summed E-state index contributed by atoms with van der Waals surface area (Å²) in [4.78, 5) is 1.82. The Morgan fingerprint density at radius 2 is 1.60 bits per heavy atom. The van der Waals surface area contributed by atoms with Crippen LogP contribution in [0.2, 0.25) is 0 Å². The van der Waals surface area contributed by atoms with Gasteiger partial charge in [-0.2, -0.15) is 13.2 Å². The molecule has 0 spiro atoms. The monoisotopic (exact) mass is 429 g/mol. The van der Waals surface area contributed by atoms with Crippen LogP contribution in [-0.4, -0.2) is 56.7 Å². The molecule has 2 fully saturated rings. The smallest absolute Gasteiger partial charge is 0.495 e. The Balaban J connectivity index is 1.86. The molecule has 0 N–H and O–H groups in total. The van der Waals surface area contributed by atoms with Gasteiger partial charge in [0, 0.05) is 13.1 Å². The molecule has 2 aliphatic rings. The van der Waals surface area contributed by atoms with Gasteiger partial charge in [0.2, 0.25) is 0 Å². The van der Waals surface area contributed by atoms with Gasteiger partial charge in [-0.1, -0.05) is 0 Å². The highest BCUT2D eigenvalue weighted by atomic mass is 19.4. The number of benzene rings is 1. The fourth-order valence-corrected chi connectivity index (χ4v) is 3.97. The lowest BCUT2D eigenvalue weighted by molar-refractivity contribution is -0.187. The molecule has 1 aromatic rings. The molecule has 1 aromatic carbocycles. The van der Waals surface area contributed by atoms with Crippen molar-refractivity contribution in [3.63, 3.8) is 0 Å². The Morgan fingerprint density at radius 1 is 1.07 bits per heavy atom. The van der Waals surface area contributed by atoms with Crippen molar-refractivity contribution in [2.75, 3.05) is 27.3 Å². The Morgan fingerprint density at radius 3 is 2.07 bits per heavy atom. The van der Waals surface area contributed by atoms with E-state index in [1.165, 1.54) is 0 Å². The lowest BCUT2D eigenvalue weighted by atomic mass is 9.78. The Kier molecular flexibility index (Phi) is 6.38. The summed E-state index contributed by atoms with van der Waals surface area (Å²) in [7, 11) is 2.50. The number of nitrogens with zero attached hydrogens (tertiary/aromatic N) is 1. The third-order valence-electron chi connectivity index (χ3n) is 6.51. The number of alkyl halides is 3. The van der Waals surface area contributed by atoms with Gasteiger partial charge in [0.05, 0.1) is 36.9 Å². The van der Waals surface area contributed by atoms with Gasteiger partial charge in [0.15, 0.2) is 0 Å². The van der Waals surface area contributed by atoms with E-state index in [2.05, 4.69) is 0 Å². The van der Waals surface area contributed by atoms with Crippen molar-refractivity contribution in [2.45, 2.75) is 64.5 Å². The molecule has 1 unspecified atom stereocenters. The van der Waals surface area contributed by atoms with E-state index >= 15 is 0 Å². The summed E-state index contributed by atoms with van der Waals surface area (Å²) < 4.78 is 63.0. The first-order valence-electron chi connectivity index (χ1n) is 10.3. The summed E-state index contributed by atoms with van der Waals surface area (Å²) in [5.74, 6) is -0.200. The minimum Gasteiger partial charge on any atom is -0.496 e. The van der Waals surface area contributed by atoms with Crippen molar-refractivity contribution in [1.82, 2.24) is 4.90 Å². The summed E-state index contributed by atoms with van der Waals surface area (Å²) in [6.07, 6.45) is -3.48. The Bertz CT molecular complexity index is 728. The average Bonchev–Trinajstić information content (AvgIpc) is 2.88. The number of rotatable bonds is 5. The molecule has 0 radical (unpaired) electrons. The summed E-state index contributed by atoms with van der Waals surface area (Å²) in [5, 5.41) is 0. The van der Waals surface area contributed by atoms with Gasteiger partial charge in [-0.3, -0.25) is 4.90 Å². The molecular weight excluding hydrogens is 398 g/mol. The van der Waals surface area contributed by atoms with E-state index in [-0.39, 0.29) is 13.0 Å². The largest absolute Gasteiger partial charge is 0.496 e. The molecule has 0 bridgehead atoms. The molecule has 2 aliphatic heterocycles. The number of ether oxygens (including phenoxy) is 2. The highest BCUT2D eigenvalue weighted by molar-refractivity contribution is 6.62. The van der Waals surface area contributed by atoms with Crippen LogP contribution in [0.4, 0.5) is 13.2 Å². The maximum atomic E-state index is 13.2. The van der Waals surface area contributed by atoms with Crippen molar-refractivity contribution in [1.29, 1.82) is 0 Å². The van der Waals surface area contributed by atoms with E-state index in [9.17, 15) is 13.2 Å². The molecule has 3 rings (SSSR count). The van der Waals surface area contributed by atoms with Crippen LogP contribution in [0, 0.1) is 5.92 Å². The molecule has 168 valence electrons. The molecule has 1 atom stereocenters. The zero-order valence-electron chi connectivity index (χ0n) is 18.6. The Labute approximate surface area is 176 Å². The van der Waals surface area contributed by atoms with Crippen LogP contribution in [0.1, 0.15) is 46.1 Å². The van der Waals surface area contributed by atoms with E-state index in [1.54, 1.807) is 14.2 Å². The lowest BCUT2D eigenvalue weighted by Gasteiger charge is -2.34. The van der Waals surface area contributed by atoms with Crippen molar-refractivity contribution < 1.29 is 32.0 Å². The van der Waals surface area contributed by atoms with E-state index in [4.69, 9.17) is 18.8 Å². The quantitative estimate of drug-likeness (QED) is 0.667. The second-order valence-electron chi connectivity index (χ2n) is 9.11. The third-order valence-corrected chi connectivity index (χ3v) is 6.51. The normalized spacial score (nSPS) is 24.2. The van der Waals surface area contributed by atoms with Crippen LogP contribution in [0.3, 0.4) is 0 Å². The average molecular weight is 429 g/mol. The van der Waals surface area contributed by atoms with Crippen molar-refractivity contribution in [3.05, 3.63) is 17.7 Å². The number of piperidine rings is 1. The standard InChI is InChI=1S/C21H31BF3NO4/c1-19(2)20(3,4)30-22(29-19)15-10-17(27-5)16(18(11-15)28-6)13-26-9-7-8-14(12-26)21(23,24)25/h10-11,14H,7-9,12-13H2,1-6H3. The topological polar surface area (TPSA) is 40.2 Å². The van der Waals surface area contributed by atoms with E-state index in [1.807, 2.05) is 44.7 Å². The van der Waals surface area contributed by atoms with E-state index < -0.39 is 30.4 Å². The van der Waals surface area contributed by atoms with Gasteiger partial charge >= 0.3 is 13.3 Å². The number of hydrogen-bond donors (Lipinski definition) is 0. The highest BCUT2D eigenvalue weighted by Gasteiger charge is 2.52. The van der Waals surface area contributed by atoms with Crippen LogP contribution >= 0.6 is 0 Å². The number of likely N-dealkylation sites (tertiary alicyclic amines) is 1. The first kappa shape index (κ1) is 23.2. The fraction of sp³-hybridized carbons (Fsp3) is 0.714. The van der Waals surface area contributed by atoms with Gasteiger partial charge in [-0.25, -0.2) is 0 Å². The van der Waals surface area contributed by atoms with Gasteiger partial charge in [-0.15, -0.1) is 0 Å². The first-order chi connectivity index (χ1) is 13.9. The summed E-state index contributed by atoms with van der Waals surface area (Å²) in [6, 6.07) is 3.65. The zero-order valence-corrected chi connectivity index (χ0v) is 18.6. The van der Waals surface area contributed by atoms with Crippen LogP contribution in [0.5, 0.6) is 11.5 Å². The molecule has 30 heavy (non-hydrogen) atoms. The van der Waals surface area contributed by atoms with Crippen LogP contribution in [-0.2, 0) is 15.9 Å². The van der Waals surface area contributed by atoms with Crippen LogP contribution < -0.4 is 14.9 Å². The minimum atomic E-state index is -4.17. The predicted molar refractivity (Wildman–Crippen MR) is 109 cm³/mol. The predicted octanol–water partition coefficient (Wildman–Crippen LogP) is 3.78. The SMILES string of the molecule is COc1cc(B2OC(C)(C)C(C)(C)O2)cc(OC)c1CN1CCCC(C(F)(F)F)C1.